The normalized spacial score (nSPS) is 24.1. The van der Waals surface area contributed by atoms with Crippen LogP contribution in [0.3, 0.4) is 0 Å². The van der Waals surface area contributed by atoms with Crippen molar-refractivity contribution in [3.8, 4) is 0 Å². The fourth-order valence-corrected chi connectivity index (χ4v) is 3.57. The number of rotatable bonds is 3. The smallest absolute Gasteiger partial charge is 0.298 e. The Morgan fingerprint density at radius 1 is 1.08 bits per heavy atom. The molecule has 2 unspecified atom stereocenters. The lowest BCUT2D eigenvalue weighted by molar-refractivity contribution is -0.137. The molecule has 1 aliphatic rings. The van der Waals surface area contributed by atoms with Gasteiger partial charge in [-0.05, 0) is 56.5 Å². The molecule has 0 spiro atoms. The fraction of sp³-hybridized carbons (Fsp3) is 0.333. The monoisotopic (exact) mass is 359 g/mol. The van der Waals surface area contributed by atoms with Gasteiger partial charge in [0.15, 0.2) is 5.78 Å². The zero-order valence-corrected chi connectivity index (χ0v) is 14.7. The summed E-state index contributed by atoms with van der Waals surface area (Å²) < 4.78 is 38.3. The molecule has 0 aromatic heterocycles. The van der Waals surface area contributed by atoms with Gasteiger partial charge in [-0.2, -0.15) is 13.2 Å². The average molecular weight is 359 g/mol. The molecule has 3 rings (SSSR count). The lowest BCUT2D eigenvalue weighted by Gasteiger charge is -2.24. The van der Waals surface area contributed by atoms with Gasteiger partial charge < -0.3 is 0 Å². The number of Topliss-reactive ketones (excluding diaryl/α,β-unsaturated/α-hetero) is 1. The number of hydrogen-bond acceptors (Lipinski definition) is 2. The molecular formula is C21H20F3NO. The number of nitrogens with zero attached hydrogens (tertiary/aromatic N) is 1. The van der Waals surface area contributed by atoms with Crippen LogP contribution in [0.4, 0.5) is 18.9 Å². The van der Waals surface area contributed by atoms with E-state index in [1.165, 1.54) is 12.1 Å². The maximum Gasteiger partial charge on any atom is 0.416 e. The van der Waals surface area contributed by atoms with E-state index in [1.807, 2.05) is 44.2 Å². The van der Waals surface area contributed by atoms with E-state index in [-0.39, 0.29) is 11.7 Å². The van der Waals surface area contributed by atoms with Crippen LogP contribution in [0.2, 0.25) is 0 Å². The Hall–Kier alpha value is -2.43. The highest BCUT2D eigenvalue weighted by Crippen LogP contribution is 2.42. The van der Waals surface area contributed by atoms with Gasteiger partial charge in [0.1, 0.15) is 0 Å². The quantitative estimate of drug-likeness (QED) is 0.643. The van der Waals surface area contributed by atoms with Crippen molar-refractivity contribution in [2.45, 2.75) is 38.3 Å². The van der Waals surface area contributed by atoms with E-state index in [2.05, 4.69) is 4.99 Å². The standard InChI is InChI=1S/C21H20F3NO/c1-14(25-17-6-4-3-5-7-17)18-12-13-20(2,19(18)26)15-8-10-16(11-9-15)21(22,23)24/h3-11,18H,12-13H2,1-2H3. The lowest BCUT2D eigenvalue weighted by Crippen LogP contribution is -2.32. The van der Waals surface area contributed by atoms with Gasteiger partial charge in [-0.3, -0.25) is 9.79 Å². The van der Waals surface area contributed by atoms with Crippen molar-refractivity contribution >= 4 is 17.2 Å². The van der Waals surface area contributed by atoms with Crippen LogP contribution in [0.1, 0.15) is 37.8 Å². The molecule has 2 aromatic carbocycles. The van der Waals surface area contributed by atoms with Crippen molar-refractivity contribution in [2.24, 2.45) is 10.9 Å². The minimum absolute atomic E-state index is 0.0226. The fourth-order valence-electron chi connectivity index (χ4n) is 3.57. The molecule has 26 heavy (non-hydrogen) atoms. The van der Waals surface area contributed by atoms with Crippen molar-refractivity contribution in [3.63, 3.8) is 0 Å². The Morgan fingerprint density at radius 3 is 2.27 bits per heavy atom. The minimum Gasteiger partial charge on any atom is -0.298 e. The van der Waals surface area contributed by atoms with E-state index in [0.29, 0.717) is 18.4 Å². The third-order valence-electron chi connectivity index (χ3n) is 5.21. The summed E-state index contributed by atoms with van der Waals surface area (Å²) in [5, 5.41) is 0. The number of ketones is 1. The summed E-state index contributed by atoms with van der Waals surface area (Å²) in [6, 6.07) is 14.4. The van der Waals surface area contributed by atoms with Gasteiger partial charge in [-0.1, -0.05) is 30.3 Å². The summed E-state index contributed by atoms with van der Waals surface area (Å²) in [6.07, 6.45) is -3.12. The third kappa shape index (κ3) is 3.43. The average Bonchev–Trinajstić information content (AvgIpc) is 2.92. The topological polar surface area (TPSA) is 29.4 Å². The predicted molar refractivity (Wildman–Crippen MR) is 95.7 cm³/mol. The molecule has 1 fully saturated rings. The van der Waals surface area contributed by atoms with Crippen LogP contribution in [0.15, 0.2) is 59.6 Å². The molecule has 2 nitrogen and oxygen atoms in total. The molecule has 0 saturated heterocycles. The van der Waals surface area contributed by atoms with E-state index in [0.717, 1.165) is 23.5 Å². The van der Waals surface area contributed by atoms with Crippen LogP contribution >= 0.6 is 0 Å². The Kier molecular flexibility index (Phi) is 4.74. The predicted octanol–water partition coefficient (Wildman–Crippen LogP) is 5.73. The highest BCUT2D eigenvalue weighted by atomic mass is 19.4. The third-order valence-corrected chi connectivity index (χ3v) is 5.21. The van der Waals surface area contributed by atoms with Crippen LogP contribution in [0, 0.1) is 5.92 Å². The van der Waals surface area contributed by atoms with E-state index >= 15 is 0 Å². The van der Waals surface area contributed by atoms with E-state index in [1.54, 1.807) is 0 Å². The van der Waals surface area contributed by atoms with Gasteiger partial charge in [0.2, 0.25) is 0 Å². The highest BCUT2D eigenvalue weighted by molar-refractivity contribution is 6.10. The molecule has 0 amide bonds. The second-order valence-electron chi connectivity index (χ2n) is 6.95. The molecule has 1 saturated carbocycles. The number of para-hydroxylation sites is 1. The molecule has 2 aromatic rings. The molecule has 136 valence electrons. The second kappa shape index (κ2) is 6.71. The van der Waals surface area contributed by atoms with Crippen LogP contribution in [0.5, 0.6) is 0 Å². The summed E-state index contributed by atoms with van der Waals surface area (Å²) >= 11 is 0. The second-order valence-corrected chi connectivity index (χ2v) is 6.95. The van der Waals surface area contributed by atoms with E-state index < -0.39 is 17.2 Å². The maximum atomic E-state index is 13.0. The Balaban J connectivity index is 1.84. The Morgan fingerprint density at radius 2 is 1.69 bits per heavy atom. The van der Waals surface area contributed by atoms with Crippen molar-refractivity contribution in [1.82, 2.24) is 0 Å². The number of aliphatic imine (C=N–C) groups is 1. The van der Waals surface area contributed by atoms with Crippen LogP contribution in [-0.4, -0.2) is 11.5 Å². The zero-order valence-electron chi connectivity index (χ0n) is 14.7. The first-order valence-electron chi connectivity index (χ1n) is 8.54. The molecule has 5 heteroatoms. The van der Waals surface area contributed by atoms with Crippen molar-refractivity contribution in [2.75, 3.05) is 0 Å². The lowest BCUT2D eigenvalue weighted by atomic mass is 9.78. The summed E-state index contributed by atoms with van der Waals surface area (Å²) in [7, 11) is 0. The van der Waals surface area contributed by atoms with Gasteiger partial charge >= 0.3 is 6.18 Å². The van der Waals surface area contributed by atoms with E-state index in [4.69, 9.17) is 0 Å². The van der Waals surface area contributed by atoms with Crippen molar-refractivity contribution < 1.29 is 18.0 Å². The molecule has 0 aliphatic heterocycles. The SMILES string of the molecule is CC(=Nc1ccccc1)C1CCC(C)(c2ccc(C(F)(F)F)cc2)C1=O. The van der Waals surface area contributed by atoms with Crippen LogP contribution in [-0.2, 0) is 16.4 Å². The molecule has 0 radical (unpaired) electrons. The number of carbonyl (C=O) groups excluding carboxylic acids is 1. The molecule has 2 atom stereocenters. The van der Waals surface area contributed by atoms with Gasteiger partial charge in [0, 0.05) is 5.71 Å². The van der Waals surface area contributed by atoms with Gasteiger partial charge in [-0.25, -0.2) is 0 Å². The Labute approximate surface area is 150 Å². The molecule has 0 bridgehead atoms. The van der Waals surface area contributed by atoms with Crippen molar-refractivity contribution in [3.05, 3.63) is 65.7 Å². The van der Waals surface area contributed by atoms with Gasteiger partial charge in [0.05, 0.1) is 22.6 Å². The first-order valence-corrected chi connectivity index (χ1v) is 8.54. The van der Waals surface area contributed by atoms with E-state index in [9.17, 15) is 18.0 Å². The maximum absolute atomic E-state index is 13.0. The largest absolute Gasteiger partial charge is 0.416 e. The van der Waals surface area contributed by atoms with Gasteiger partial charge in [-0.15, -0.1) is 0 Å². The number of hydrogen-bond donors (Lipinski definition) is 0. The highest BCUT2D eigenvalue weighted by Gasteiger charge is 2.46. The number of alkyl halides is 3. The van der Waals surface area contributed by atoms with Crippen LogP contribution < -0.4 is 0 Å². The zero-order chi connectivity index (χ0) is 18.9. The molecular weight excluding hydrogens is 339 g/mol. The number of benzene rings is 2. The summed E-state index contributed by atoms with van der Waals surface area (Å²) in [6.45, 7) is 3.65. The summed E-state index contributed by atoms with van der Waals surface area (Å²) in [5.41, 5.74) is 0.694. The summed E-state index contributed by atoms with van der Waals surface area (Å²) in [4.78, 5) is 17.6. The number of carbonyl (C=O) groups is 1. The summed E-state index contributed by atoms with van der Waals surface area (Å²) in [5.74, 6) is -0.281. The minimum atomic E-state index is -4.37. The van der Waals surface area contributed by atoms with Gasteiger partial charge in [0.25, 0.3) is 0 Å². The van der Waals surface area contributed by atoms with Crippen molar-refractivity contribution in [1.29, 1.82) is 0 Å². The molecule has 0 heterocycles. The first-order chi connectivity index (χ1) is 12.2. The molecule has 0 N–H and O–H groups in total. The molecule has 1 aliphatic carbocycles. The van der Waals surface area contributed by atoms with Crippen LogP contribution in [0.25, 0.3) is 0 Å². The first kappa shape index (κ1) is 18.4. The Bertz CT molecular complexity index is 825. The number of halogens is 3.